The van der Waals surface area contributed by atoms with Gasteiger partial charge in [-0.2, -0.15) is 0 Å². The summed E-state index contributed by atoms with van der Waals surface area (Å²) < 4.78 is 0. The lowest BCUT2D eigenvalue weighted by molar-refractivity contribution is -0.385. The van der Waals surface area contributed by atoms with Crippen molar-refractivity contribution in [3.05, 3.63) is 50.0 Å². The lowest BCUT2D eigenvalue weighted by Crippen LogP contribution is -2.14. The molecule has 7 heteroatoms. The molecule has 1 heterocycles. The molecule has 0 atom stereocenters. The number of nitro groups is 1. The third kappa shape index (κ3) is 2.71. The van der Waals surface area contributed by atoms with Gasteiger partial charge in [-0.15, -0.1) is 11.3 Å². The average Bonchev–Trinajstić information content (AvgIpc) is 2.88. The summed E-state index contributed by atoms with van der Waals surface area (Å²) in [4.78, 5) is 28.6. The predicted octanol–water partition coefficient (Wildman–Crippen LogP) is 3.49. The minimum atomic E-state index is -0.517. The molecule has 2 aromatic rings. The number of nitrogens with one attached hydrogen (secondary N) is 1. The van der Waals surface area contributed by atoms with Crippen molar-refractivity contribution in [2.75, 3.05) is 5.32 Å². The van der Waals surface area contributed by atoms with Crippen LogP contribution in [0, 0.1) is 17.0 Å². The van der Waals surface area contributed by atoms with E-state index >= 15 is 0 Å². The summed E-state index contributed by atoms with van der Waals surface area (Å²) >= 11 is 1.46. The van der Waals surface area contributed by atoms with Crippen molar-refractivity contribution < 1.29 is 9.72 Å². The van der Waals surface area contributed by atoms with Crippen molar-refractivity contribution in [3.8, 4) is 0 Å². The Balaban J connectivity index is 1.87. The van der Waals surface area contributed by atoms with Crippen molar-refractivity contribution in [1.82, 2.24) is 4.98 Å². The molecule has 6 nitrogen and oxygen atoms in total. The zero-order valence-corrected chi connectivity index (χ0v) is 12.9. The third-order valence-electron chi connectivity index (χ3n) is 3.73. The molecule has 114 valence electrons. The van der Waals surface area contributed by atoms with Crippen molar-refractivity contribution in [2.24, 2.45) is 0 Å². The van der Waals surface area contributed by atoms with Gasteiger partial charge in [-0.1, -0.05) is 12.1 Å². The Morgan fingerprint density at radius 3 is 2.86 bits per heavy atom. The molecule has 0 saturated carbocycles. The van der Waals surface area contributed by atoms with Crippen LogP contribution in [0.15, 0.2) is 18.2 Å². The molecule has 1 aliphatic rings. The number of carbonyl (C=O) groups excluding carboxylic acids is 1. The molecule has 1 aliphatic carbocycles. The quantitative estimate of drug-likeness (QED) is 0.693. The number of carbonyl (C=O) groups is 1. The maximum absolute atomic E-state index is 12.4. The lowest BCUT2D eigenvalue weighted by Gasteiger charge is -2.06. The minimum absolute atomic E-state index is 0.0678. The van der Waals surface area contributed by atoms with Crippen LogP contribution in [-0.2, 0) is 12.8 Å². The van der Waals surface area contributed by atoms with E-state index in [2.05, 4.69) is 10.3 Å². The van der Waals surface area contributed by atoms with Crippen LogP contribution in [0.25, 0.3) is 0 Å². The number of amides is 1. The molecular formula is C15H15N3O3S. The molecule has 0 bridgehead atoms. The molecule has 0 aliphatic heterocycles. The molecule has 0 radical (unpaired) electrons. The average molecular weight is 317 g/mol. The van der Waals surface area contributed by atoms with Crippen molar-refractivity contribution in [3.63, 3.8) is 0 Å². The van der Waals surface area contributed by atoms with Crippen LogP contribution in [0.4, 0.5) is 10.8 Å². The van der Waals surface area contributed by atoms with Gasteiger partial charge < -0.3 is 0 Å². The zero-order chi connectivity index (χ0) is 15.7. The smallest absolute Gasteiger partial charge is 0.285 e. The van der Waals surface area contributed by atoms with Gasteiger partial charge in [-0.3, -0.25) is 20.2 Å². The van der Waals surface area contributed by atoms with Gasteiger partial charge in [-0.25, -0.2) is 4.98 Å². The number of nitro benzene ring substituents is 1. The highest BCUT2D eigenvalue weighted by Crippen LogP contribution is 2.30. The number of aryl methyl sites for hydroxylation is 3. The van der Waals surface area contributed by atoms with E-state index in [1.54, 1.807) is 19.1 Å². The highest BCUT2D eigenvalue weighted by Gasteiger charge is 2.24. The fraction of sp³-hybridized carbons (Fsp3) is 0.333. The summed E-state index contributed by atoms with van der Waals surface area (Å²) in [5, 5.41) is 14.4. The molecule has 0 fully saturated rings. The maximum Gasteiger partial charge on any atom is 0.285 e. The number of fused-ring (bicyclic) bond motifs is 1. The summed E-state index contributed by atoms with van der Waals surface area (Å²) in [6.45, 7) is 1.62. The van der Waals surface area contributed by atoms with Crippen molar-refractivity contribution >= 4 is 28.1 Å². The SMILES string of the molecule is Cc1cccc(C(=O)Nc2nc3c(s2)CCCC3)c1[N+](=O)[O-]. The number of rotatable bonds is 3. The first-order valence-electron chi connectivity index (χ1n) is 7.10. The van der Waals surface area contributed by atoms with Gasteiger partial charge in [-0.05, 0) is 38.7 Å². The van der Waals surface area contributed by atoms with E-state index in [0.717, 1.165) is 31.4 Å². The second-order valence-electron chi connectivity index (χ2n) is 5.28. The van der Waals surface area contributed by atoms with Crippen LogP contribution < -0.4 is 5.32 Å². The monoisotopic (exact) mass is 317 g/mol. The summed E-state index contributed by atoms with van der Waals surface area (Å²) in [7, 11) is 0. The Labute approximate surface area is 131 Å². The topological polar surface area (TPSA) is 85.1 Å². The first kappa shape index (κ1) is 14.6. The van der Waals surface area contributed by atoms with E-state index in [4.69, 9.17) is 0 Å². The largest absolute Gasteiger partial charge is 0.298 e. The molecule has 3 rings (SSSR count). The Kier molecular flexibility index (Phi) is 3.89. The number of benzene rings is 1. The van der Waals surface area contributed by atoms with Crippen molar-refractivity contribution in [1.29, 1.82) is 0 Å². The van der Waals surface area contributed by atoms with Gasteiger partial charge >= 0.3 is 0 Å². The summed E-state index contributed by atoms with van der Waals surface area (Å²) in [5.41, 5.74) is 1.43. The minimum Gasteiger partial charge on any atom is -0.298 e. The fourth-order valence-electron chi connectivity index (χ4n) is 2.65. The highest BCUT2D eigenvalue weighted by molar-refractivity contribution is 7.15. The van der Waals surface area contributed by atoms with Crippen LogP contribution in [0.1, 0.15) is 39.3 Å². The van der Waals surface area contributed by atoms with E-state index in [1.165, 1.54) is 22.3 Å². The summed E-state index contributed by atoms with van der Waals surface area (Å²) in [6, 6.07) is 4.73. The Hall–Kier alpha value is -2.28. The fourth-order valence-corrected chi connectivity index (χ4v) is 3.70. The van der Waals surface area contributed by atoms with Crippen LogP contribution in [0.2, 0.25) is 0 Å². The number of hydrogen-bond acceptors (Lipinski definition) is 5. The maximum atomic E-state index is 12.4. The molecule has 0 saturated heterocycles. The van der Waals surface area contributed by atoms with Gasteiger partial charge in [0.15, 0.2) is 5.13 Å². The van der Waals surface area contributed by atoms with E-state index < -0.39 is 10.8 Å². The van der Waals surface area contributed by atoms with E-state index in [0.29, 0.717) is 10.7 Å². The molecule has 22 heavy (non-hydrogen) atoms. The van der Waals surface area contributed by atoms with Crippen molar-refractivity contribution in [2.45, 2.75) is 32.6 Å². The second kappa shape index (κ2) is 5.84. The number of para-hydroxylation sites is 1. The highest BCUT2D eigenvalue weighted by atomic mass is 32.1. The number of hydrogen-bond donors (Lipinski definition) is 1. The van der Waals surface area contributed by atoms with Gasteiger partial charge in [0.2, 0.25) is 0 Å². The standard InChI is InChI=1S/C15H15N3O3S/c1-9-5-4-6-10(13(9)18(20)21)14(19)17-15-16-11-7-2-3-8-12(11)22-15/h4-6H,2-3,7-8H2,1H3,(H,16,17,19). The number of nitrogens with zero attached hydrogens (tertiary/aromatic N) is 2. The van der Waals surface area contributed by atoms with Crippen LogP contribution in [0.3, 0.4) is 0 Å². The molecule has 1 aromatic carbocycles. The molecule has 1 amide bonds. The Morgan fingerprint density at radius 2 is 2.14 bits per heavy atom. The van der Waals surface area contributed by atoms with Crippen LogP contribution in [0.5, 0.6) is 0 Å². The van der Waals surface area contributed by atoms with E-state index in [9.17, 15) is 14.9 Å². The Morgan fingerprint density at radius 1 is 1.36 bits per heavy atom. The first-order valence-corrected chi connectivity index (χ1v) is 7.92. The number of aromatic nitrogens is 1. The molecule has 1 aromatic heterocycles. The Bertz CT molecular complexity index is 731. The molecule has 0 unspecified atom stereocenters. The van der Waals surface area contributed by atoms with Gasteiger partial charge in [0.05, 0.1) is 10.6 Å². The third-order valence-corrected chi connectivity index (χ3v) is 4.80. The zero-order valence-electron chi connectivity index (χ0n) is 12.1. The van der Waals surface area contributed by atoms with E-state index in [-0.39, 0.29) is 11.3 Å². The summed E-state index contributed by atoms with van der Waals surface area (Å²) in [6.07, 6.45) is 4.19. The number of anilines is 1. The first-order chi connectivity index (χ1) is 10.6. The van der Waals surface area contributed by atoms with Gasteiger partial charge in [0.1, 0.15) is 5.56 Å². The molecular weight excluding hydrogens is 302 g/mol. The lowest BCUT2D eigenvalue weighted by atomic mass is 10.0. The van der Waals surface area contributed by atoms with Gasteiger partial charge in [0.25, 0.3) is 11.6 Å². The number of thiazole rings is 1. The second-order valence-corrected chi connectivity index (χ2v) is 6.36. The molecule has 1 N–H and O–H groups in total. The van der Waals surface area contributed by atoms with Gasteiger partial charge in [0, 0.05) is 10.4 Å². The van der Waals surface area contributed by atoms with Crippen LogP contribution >= 0.6 is 11.3 Å². The summed E-state index contributed by atoms with van der Waals surface area (Å²) in [5.74, 6) is -0.485. The predicted molar refractivity (Wildman–Crippen MR) is 84.5 cm³/mol. The normalized spacial score (nSPS) is 13.5. The van der Waals surface area contributed by atoms with Crippen LogP contribution in [-0.4, -0.2) is 15.8 Å². The molecule has 0 spiro atoms. The van der Waals surface area contributed by atoms with E-state index in [1.807, 2.05) is 0 Å².